The van der Waals surface area contributed by atoms with E-state index >= 15 is 0 Å². The lowest BCUT2D eigenvalue weighted by atomic mass is 10.1. The number of nitrogens with one attached hydrogen (secondary N) is 1. The summed E-state index contributed by atoms with van der Waals surface area (Å²) < 4.78 is 1.84. The molecule has 7 heteroatoms. The van der Waals surface area contributed by atoms with Crippen LogP contribution in [0, 0.1) is 5.92 Å². The van der Waals surface area contributed by atoms with Crippen molar-refractivity contribution in [2.75, 3.05) is 5.73 Å². The standard InChI is InChI=1S/C11H15N5O2/c1-5-2-6(3-7(5)17)16-4-13-8-9(16)14-11(12)15-10(8)18/h4-7,17H,2-3H2,1H3,(H3,12,14,15,18)/t5-,6+,7+/m0/s1. The zero-order chi connectivity index (χ0) is 12.9. The number of nitrogens with two attached hydrogens (primary N) is 1. The molecule has 0 spiro atoms. The van der Waals surface area contributed by atoms with Crippen molar-refractivity contribution >= 4 is 17.1 Å². The van der Waals surface area contributed by atoms with Crippen molar-refractivity contribution in [3.8, 4) is 0 Å². The van der Waals surface area contributed by atoms with Gasteiger partial charge in [-0.3, -0.25) is 9.78 Å². The molecule has 0 bridgehead atoms. The van der Waals surface area contributed by atoms with Crippen molar-refractivity contribution in [2.45, 2.75) is 31.9 Å². The molecule has 96 valence electrons. The first kappa shape index (κ1) is 11.2. The lowest BCUT2D eigenvalue weighted by Crippen LogP contribution is -2.13. The largest absolute Gasteiger partial charge is 0.393 e. The van der Waals surface area contributed by atoms with Crippen LogP contribution in [0.2, 0.25) is 0 Å². The van der Waals surface area contributed by atoms with E-state index in [9.17, 15) is 9.90 Å². The van der Waals surface area contributed by atoms with Gasteiger partial charge < -0.3 is 15.4 Å². The van der Waals surface area contributed by atoms with Gasteiger partial charge in [0.15, 0.2) is 11.2 Å². The molecule has 3 atom stereocenters. The summed E-state index contributed by atoms with van der Waals surface area (Å²) in [5.74, 6) is 0.327. The number of hydrogen-bond acceptors (Lipinski definition) is 5. The lowest BCUT2D eigenvalue weighted by Gasteiger charge is -2.11. The third-order valence-corrected chi connectivity index (χ3v) is 3.66. The van der Waals surface area contributed by atoms with Crippen molar-refractivity contribution in [1.82, 2.24) is 19.5 Å². The van der Waals surface area contributed by atoms with E-state index in [-0.39, 0.29) is 29.6 Å². The number of rotatable bonds is 1. The van der Waals surface area contributed by atoms with Crippen LogP contribution in [-0.4, -0.2) is 30.7 Å². The van der Waals surface area contributed by atoms with Gasteiger partial charge in [0, 0.05) is 6.04 Å². The number of nitrogens with zero attached hydrogens (tertiary/aromatic N) is 3. The molecule has 0 aliphatic heterocycles. The maximum absolute atomic E-state index is 11.7. The first-order valence-electron chi connectivity index (χ1n) is 5.96. The predicted octanol–water partition coefficient (Wildman–Crippen LogP) is 0.0337. The van der Waals surface area contributed by atoms with Crippen LogP contribution in [0.5, 0.6) is 0 Å². The van der Waals surface area contributed by atoms with Crippen molar-refractivity contribution in [3.05, 3.63) is 16.7 Å². The second kappa shape index (κ2) is 3.81. The molecule has 7 nitrogen and oxygen atoms in total. The summed E-state index contributed by atoms with van der Waals surface area (Å²) in [5.41, 5.74) is 6.00. The Kier molecular flexibility index (Phi) is 2.37. The smallest absolute Gasteiger partial charge is 0.280 e. The fourth-order valence-corrected chi connectivity index (χ4v) is 2.63. The highest BCUT2D eigenvalue weighted by Crippen LogP contribution is 2.35. The van der Waals surface area contributed by atoms with Crippen LogP contribution in [0.3, 0.4) is 0 Å². The van der Waals surface area contributed by atoms with Gasteiger partial charge in [0.2, 0.25) is 5.95 Å². The minimum Gasteiger partial charge on any atom is -0.393 e. The van der Waals surface area contributed by atoms with E-state index in [1.165, 1.54) is 0 Å². The number of H-pyrrole nitrogens is 1. The van der Waals surface area contributed by atoms with Gasteiger partial charge in [-0.2, -0.15) is 4.98 Å². The molecule has 2 heterocycles. The molecule has 1 saturated carbocycles. The Morgan fingerprint density at radius 3 is 3.00 bits per heavy atom. The third-order valence-electron chi connectivity index (χ3n) is 3.66. The maximum Gasteiger partial charge on any atom is 0.280 e. The average molecular weight is 249 g/mol. The van der Waals surface area contributed by atoms with E-state index in [1.807, 2.05) is 11.5 Å². The number of aromatic amines is 1. The number of hydrogen-bond donors (Lipinski definition) is 3. The molecule has 1 aliphatic carbocycles. The summed E-state index contributed by atoms with van der Waals surface area (Å²) in [4.78, 5) is 22.3. The van der Waals surface area contributed by atoms with Crippen LogP contribution < -0.4 is 11.3 Å². The first-order valence-corrected chi connectivity index (χ1v) is 5.96. The summed E-state index contributed by atoms with van der Waals surface area (Å²) in [6, 6.07) is 0.119. The molecule has 1 fully saturated rings. The molecular formula is C11H15N5O2. The fourth-order valence-electron chi connectivity index (χ4n) is 2.63. The van der Waals surface area contributed by atoms with Gasteiger partial charge in [-0.15, -0.1) is 0 Å². The maximum atomic E-state index is 11.7. The molecule has 2 aromatic rings. The quantitative estimate of drug-likeness (QED) is 0.660. The second-order valence-electron chi connectivity index (χ2n) is 4.95. The lowest BCUT2D eigenvalue weighted by molar-refractivity contribution is 0.139. The Balaban J connectivity index is 2.11. The van der Waals surface area contributed by atoms with E-state index in [2.05, 4.69) is 15.0 Å². The van der Waals surface area contributed by atoms with Crippen molar-refractivity contribution in [2.24, 2.45) is 5.92 Å². The number of aromatic nitrogens is 4. The normalized spacial score (nSPS) is 28.0. The van der Waals surface area contributed by atoms with E-state index < -0.39 is 0 Å². The van der Waals surface area contributed by atoms with Gasteiger partial charge in [0.1, 0.15) is 0 Å². The topological polar surface area (TPSA) is 110 Å². The van der Waals surface area contributed by atoms with E-state index in [0.29, 0.717) is 17.6 Å². The molecular weight excluding hydrogens is 234 g/mol. The number of nitrogen functional groups attached to an aromatic ring is 1. The van der Waals surface area contributed by atoms with Gasteiger partial charge in [-0.25, -0.2) is 4.98 Å². The van der Waals surface area contributed by atoms with Crippen LogP contribution in [-0.2, 0) is 0 Å². The molecule has 1 aliphatic rings. The zero-order valence-corrected chi connectivity index (χ0v) is 10.00. The molecule has 18 heavy (non-hydrogen) atoms. The molecule has 0 amide bonds. The number of imidazole rings is 1. The number of anilines is 1. The second-order valence-corrected chi connectivity index (χ2v) is 4.95. The molecule has 0 unspecified atom stereocenters. The fraction of sp³-hybridized carbons (Fsp3) is 0.545. The highest BCUT2D eigenvalue weighted by atomic mass is 16.3. The molecule has 4 N–H and O–H groups in total. The highest BCUT2D eigenvalue weighted by Gasteiger charge is 2.32. The minimum absolute atomic E-state index is 0.0841. The monoisotopic (exact) mass is 249 g/mol. The minimum atomic E-state index is -0.331. The van der Waals surface area contributed by atoms with Gasteiger partial charge in [-0.05, 0) is 18.8 Å². The molecule has 0 radical (unpaired) electrons. The van der Waals surface area contributed by atoms with E-state index in [4.69, 9.17) is 5.73 Å². The zero-order valence-electron chi connectivity index (χ0n) is 10.00. The van der Waals surface area contributed by atoms with Crippen LogP contribution >= 0.6 is 0 Å². The Morgan fingerprint density at radius 1 is 1.56 bits per heavy atom. The van der Waals surface area contributed by atoms with Gasteiger partial charge in [0.05, 0.1) is 12.4 Å². The van der Waals surface area contributed by atoms with E-state index in [0.717, 1.165) is 6.42 Å². The van der Waals surface area contributed by atoms with E-state index in [1.54, 1.807) is 6.33 Å². The Bertz CT molecular complexity index is 636. The number of fused-ring (bicyclic) bond motifs is 1. The third kappa shape index (κ3) is 1.59. The summed E-state index contributed by atoms with van der Waals surface area (Å²) in [6.07, 6.45) is 2.79. The van der Waals surface area contributed by atoms with Crippen LogP contribution in [0.1, 0.15) is 25.8 Å². The SMILES string of the molecule is C[C@H]1C[C@@H](n2cnc3c(=O)[nH]c(N)nc32)C[C@H]1O. The van der Waals surface area contributed by atoms with Crippen molar-refractivity contribution < 1.29 is 5.11 Å². The predicted molar refractivity (Wildman–Crippen MR) is 66.0 cm³/mol. The molecule has 2 aromatic heterocycles. The number of aliphatic hydroxyl groups excluding tert-OH is 1. The van der Waals surface area contributed by atoms with Gasteiger partial charge in [0.25, 0.3) is 5.56 Å². The van der Waals surface area contributed by atoms with Crippen LogP contribution in [0.15, 0.2) is 11.1 Å². The number of aliphatic hydroxyl groups is 1. The Morgan fingerprint density at radius 2 is 2.33 bits per heavy atom. The molecule has 0 saturated heterocycles. The summed E-state index contributed by atoms with van der Waals surface area (Å²) in [5, 5.41) is 9.80. The Hall–Kier alpha value is -1.89. The van der Waals surface area contributed by atoms with Gasteiger partial charge in [-0.1, -0.05) is 6.92 Å². The molecule has 3 rings (SSSR count). The highest BCUT2D eigenvalue weighted by molar-refractivity contribution is 5.70. The van der Waals surface area contributed by atoms with Crippen molar-refractivity contribution in [3.63, 3.8) is 0 Å². The molecule has 0 aromatic carbocycles. The summed E-state index contributed by atoms with van der Waals surface area (Å²) in [6.45, 7) is 2.01. The van der Waals surface area contributed by atoms with Crippen LogP contribution in [0.4, 0.5) is 5.95 Å². The summed E-state index contributed by atoms with van der Waals surface area (Å²) >= 11 is 0. The van der Waals surface area contributed by atoms with Gasteiger partial charge >= 0.3 is 0 Å². The first-order chi connectivity index (χ1) is 8.56. The average Bonchev–Trinajstić information content (AvgIpc) is 2.83. The van der Waals surface area contributed by atoms with Crippen molar-refractivity contribution in [1.29, 1.82) is 0 Å². The van der Waals surface area contributed by atoms with Crippen LogP contribution in [0.25, 0.3) is 11.2 Å². The summed E-state index contributed by atoms with van der Waals surface area (Å²) in [7, 11) is 0. The Labute approximate surface area is 103 Å².